The predicted octanol–water partition coefficient (Wildman–Crippen LogP) is 2.40. The van der Waals surface area contributed by atoms with E-state index >= 15 is 0 Å². The van der Waals surface area contributed by atoms with Gasteiger partial charge in [-0.1, -0.05) is 24.3 Å². The van der Waals surface area contributed by atoms with Gasteiger partial charge >= 0.3 is 11.7 Å². The highest BCUT2D eigenvalue weighted by Gasteiger charge is 2.34. The topological polar surface area (TPSA) is 113 Å². The average molecular weight is 325 g/mol. The van der Waals surface area contributed by atoms with Gasteiger partial charge in [-0.25, -0.2) is 9.69 Å². The Bertz CT molecular complexity index is 877. The van der Waals surface area contributed by atoms with E-state index in [4.69, 9.17) is 0 Å². The van der Waals surface area contributed by atoms with Crippen LogP contribution in [0.25, 0.3) is 6.08 Å². The highest BCUT2D eigenvalue weighted by Crippen LogP contribution is 2.28. The zero-order valence-corrected chi connectivity index (χ0v) is 12.2. The molecule has 0 radical (unpaired) electrons. The number of phenolic OH excluding ortho intramolecular Hbond substituents is 1. The summed E-state index contributed by atoms with van der Waals surface area (Å²) >= 11 is 0. The first-order chi connectivity index (χ1) is 11.5. The molecule has 1 heterocycles. The summed E-state index contributed by atoms with van der Waals surface area (Å²) in [7, 11) is 0. The fourth-order valence-corrected chi connectivity index (χ4v) is 2.29. The Hall–Kier alpha value is -3.68. The molecule has 0 spiro atoms. The number of nitro benzene ring substituents is 1. The summed E-state index contributed by atoms with van der Waals surface area (Å²) in [5.74, 6) is -1.04. The minimum Gasteiger partial charge on any atom is -0.502 e. The van der Waals surface area contributed by atoms with Crippen molar-refractivity contribution >= 4 is 29.4 Å². The van der Waals surface area contributed by atoms with E-state index in [1.165, 1.54) is 12.1 Å². The Morgan fingerprint density at radius 1 is 1.12 bits per heavy atom. The summed E-state index contributed by atoms with van der Waals surface area (Å²) in [6.45, 7) is 0. The lowest BCUT2D eigenvalue weighted by Crippen LogP contribution is -2.30. The third kappa shape index (κ3) is 2.68. The molecule has 0 bridgehead atoms. The number of aromatic hydroxyl groups is 1. The number of imide groups is 1. The molecule has 2 N–H and O–H groups in total. The van der Waals surface area contributed by atoms with E-state index < -0.39 is 28.3 Å². The minimum atomic E-state index is -0.733. The summed E-state index contributed by atoms with van der Waals surface area (Å²) in [6.07, 6.45) is 1.32. The molecule has 1 saturated heterocycles. The molecule has 0 aliphatic carbocycles. The summed E-state index contributed by atoms with van der Waals surface area (Å²) in [4.78, 5) is 35.5. The van der Waals surface area contributed by atoms with Crippen LogP contribution >= 0.6 is 0 Å². The van der Waals surface area contributed by atoms with Gasteiger partial charge in [0.25, 0.3) is 5.91 Å². The van der Waals surface area contributed by atoms with Crippen LogP contribution in [0.1, 0.15) is 5.56 Å². The minimum absolute atomic E-state index is 0.0103. The van der Waals surface area contributed by atoms with E-state index in [0.717, 1.165) is 17.0 Å². The molecule has 2 aromatic carbocycles. The number of anilines is 1. The normalized spacial score (nSPS) is 15.7. The van der Waals surface area contributed by atoms with Crippen molar-refractivity contribution in [3.63, 3.8) is 0 Å². The quantitative estimate of drug-likeness (QED) is 0.389. The molecule has 0 atom stereocenters. The molecule has 2 aromatic rings. The smallest absolute Gasteiger partial charge is 0.333 e. The van der Waals surface area contributed by atoms with Gasteiger partial charge in [-0.05, 0) is 29.8 Å². The molecule has 8 nitrogen and oxygen atoms in total. The van der Waals surface area contributed by atoms with Crippen LogP contribution in [0, 0.1) is 10.1 Å². The van der Waals surface area contributed by atoms with Gasteiger partial charge in [0.15, 0.2) is 5.75 Å². The van der Waals surface area contributed by atoms with Crippen molar-refractivity contribution in [3.8, 4) is 5.75 Å². The number of phenols is 1. The van der Waals surface area contributed by atoms with Crippen LogP contribution in [-0.4, -0.2) is 22.0 Å². The second-order valence-electron chi connectivity index (χ2n) is 4.97. The van der Waals surface area contributed by atoms with Gasteiger partial charge in [0.05, 0.1) is 10.6 Å². The Balaban J connectivity index is 1.95. The van der Waals surface area contributed by atoms with Crippen LogP contribution in [0.4, 0.5) is 16.2 Å². The number of carbonyl (C=O) groups is 2. The monoisotopic (exact) mass is 325 g/mol. The Morgan fingerprint density at radius 2 is 1.83 bits per heavy atom. The van der Waals surface area contributed by atoms with Gasteiger partial charge in [-0.15, -0.1) is 0 Å². The number of urea groups is 1. The second kappa shape index (κ2) is 5.84. The molecule has 1 aliphatic heterocycles. The second-order valence-corrected chi connectivity index (χ2v) is 4.97. The van der Waals surface area contributed by atoms with Crippen molar-refractivity contribution in [1.82, 2.24) is 5.32 Å². The van der Waals surface area contributed by atoms with Gasteiger partial charge in [-0.2, -0.15) is 0 Å². The van der Waals surface area contributed by atoms with Crippen LogP contribution in [0.15, 0.2) is 54.2 Å². The maximum absolute atomic E-state index is 12.4. The van der Waals surface area contributed by atoms with Gasteiger partial charge in [-0.3, -0.25) is 14.9 Å². The molecule has 3 amide bonds. The largest absolute Gasteiger partial charge is 0.502 e. The van der Waals surface area contributed by atoms with Gasteiger partial charge in [0.2, 0.25) is 0 Å². The van der Waals surface area contributed by atoms with E-state index in [2.05, 4.69) is 5.32 Å². The number of amides is 3. The first kappa shape index (κ1) is 15.2. The maximum atomic E-state index is 12.4. The first-order valence-electron chi connectivity index (χ1n) is 6.87. The average Bonchev–Trinajstić information content (AvgIpc) is 2.83. The number of carbonyl (C=O) groups excluding carboxylic acids is 2. The van der Waals surface area contributed by atoms with Crippen molar-refractivity contribution in [1.29, 1.82) is 0 Å². The summed E-state index contributed by atoms with van der Waals surface area (Å²) in [5, 5.41) is 22.7. The Kier molecular flexibility index (Phi) is 3.70. The lowest BCUT2D eigenvalue weighted by Gasteiger charge is -2.10. The molecule has 24 heavy (non-hydrogen) atoms. The van der Waals surface area contributed by atoms with Crippen molar-refractivity contribution in [2.24, 2.45) is 0 Å². The highest BCUT2D eigenvalue weighted by atomic mass is 16.6. The van der Waals surface area contributed by atoms with E-state index in [1.807, 2.05) is 0 Å². The van der Waals surface area contributed by atoms with Crippen LogP contribution in [-0.2, 0) is 4.79 Å². The molecule has 1 aliphatic rings. The van der Waals surface area contributed by atoms with Crippen molar-refractivity contribution < 1.29 is 19.6 Å². The molecule has 0 saturated carbocycles. The number of hydrogen-bond donors (Lipinski definition) is 2. The zero-order valence-electron chi connectivity index (χ0n) is 12.2. The lowest BCUT2D eigenvalue weighted by atomic mass is 10.1. The molecule has 8 heteroatoms. The standard InChI is InChI=1S/C16H11N3O5/c20-14-7-6-10(9-13(14)19(23)24)8-12-15(21)18(16(22)17-12)11-4-2-1-3-5-11/h1-9,20H,(H,17,22). The molecule has 120 valence electrons. The van der Waals surface area contributed by atoms with E-state index in [1.54, 1.807) is 30.3 Å². The zero-order chi connectivity index (χ0) is 17.3. The number of nitrogens with one attached hydrogen (secondary N) is 1. The van der Waals surface area contributed by atoms with E-state index in [0.29, 0.717) is 11.3 Å². The van der Waals surface area contributed by atoms with Gasteiger partial charge < -0.3 is 10.4 Å². The van der Waals surface area contributed by atoms with Gasteiger partial charge in [0.1, 0.15) is 5.70 Å². The first-order valence-corrected chi connectivity index (χ1v) is 6.87. The van der Waals surface area contributed by atoms with Crippen molar-refractivity contribution in [2.45, 2.75) is 0 Å². The SMILES string of the molecule is O=C1NC(=Cc2ccc(O)c([N+](=O)[O-])c2)C(=O)N1c1ccccc1. The van der Waals surface area contributed by atoms with E-state index in [9.17, 15) is 24.8 Å². The van der Waals surface area contributed by atoms with Crippen molar-refractivity contribution in [3.05, 3.63) is 69.9 Å². The molecule has 1 fully saturated rings. The van der Waals surface area contributed by atoms with Crippen LogP contribution < -0.4 is 10.2 Å². The summed E-state index contributed by atoms with van der Waals surface area (Å²) in [6, 6.07) is 11.5. The van der Waals surface area contributed by atoms with E-state index in [-0.39, 0.29) is 5.70 Å². The number of nitro groups is 1. The fraction of sp³-hybridized carbons (Fsp3) is 0. The highest BCUT2D eigenvalue weighted by molar-refractivity contribution is 6.28. The summed E-state index contributed by atoms with van der Waals surface area (Å²) in [5.41, 5.74) is 0.225. The lowest BCUT2D eigenvalue weighted by molar-refractivity contribution is -0.385. The third-order valence-electron chi connectivity index (χ3n) is 3.40. The number of para-hydroxylation sites is 1. The third-order valence-corrected chi connectivity index (χ3v) is 3.40. The number of nitrogens with zero attached hydrogens (tertiary/aromatic N) is 2. The fourth-order valence-electron chi connectivity index (χ4n) is 2.29. The molecule has 3 rings (SSSR count). The Morgan fingerprint density at radius 3 is 2.50 bits per heavy atom. The number of hydrogen-bond acceptors (Lipinski definition) is 5. The summed E-state index contributed by atoms with van der Waals surface area (Å²) < 4.78 is 0. The van der Waals surface area contributed by atoms with Crippen LogP contribution in [0.2, 0.25) is 0 Å². The van der Waals surface area contributed by atoms with Crippen molar-refractivity contribution in [2.75, 3.05) is 4.90 Å². The molecular formula is C16H11N3O5. The Labute approximate surface area is 135 Å². The van der Waals surface area contributed by atoms with Crippen LogP contribution in [0.3, 0.4) is 0 Å². The van der Waals surface area contributed by atoms with Crippen LogP contribution in [0.5, 0.6) is 5.75 Å². The molecule has 0 aromatic heterocycles. The maximum Gasteiger partial charge on any atom is 0.333 e. The number of rotatable bonds is 3. The predicted molar refractivity (Wildman–Crippen MR) is 85.2 cm³/mol. The molecular weight excluding hydrogens is 314 g/mol. The molecule has 0 unspecified atom stereocenters. The van der Waals surface area contributed by atoms with Gasteiger partial charge in [0, 0.05) is 6.07 Å². The number of benzene rings is 2.